The van der Waals surface area contributed by atoms with Crippen molar-refractivity contribution in [2.75, 3.05) is 0 Å². The zero-order chi connectivity index (χ0) is 10.9. The number of alkyl halides is 4. The molecule has 82 valence electrons. The molecule has 0 saturated heterocycles. The van der Waals surface area contributed by atoms with Crippen molar-refractivity contribution in [3.05, 3.63) is 11.4 Å². The highest BCUT2D eigenvalue weighted by Gasteiger charge is 2.46. The van der Waals surface area contributed by atoms with E-state index in [1.807, 2.05) is 0 Å². The molecule has 0 N–H and O–H groups in total. The van der Waals surface area contributed by atoms with Crippen molar-refractivity contribution in [3.8, 4) is 0 Å². The van der Waals surface area contributed by atoms with Gasteiger partial charge in [0.25, 0.3) is 0 Å². The minimum absolute atomic E-state index is 0.0828. The van der Waals surface area contributed by atoms with E-state index >= 15 is 0 Å². The van der Waals surface area contributed by atoms with Crippen LogP contribution >= 0.6 is 0 Å². The molecule has 0 nitrogen and oxygen atoms in total. The van der Waals surface area contributed by atoms with Crippen LogP contribution < -0.4 is 0 Å². The van der Waals surface area contributed by atoms with E-state index in [-0.39, 0.29) is 6.42 Å². The van der Waals surface area contributed by atoms with Crippen molar-refractivity contribution in [2.24, 2.45) is 0 Å². The standard InChI is InChI=1S/C9H11F5/c1-2-3-4-5(10)7(12)9(14)8(13)6(4)11/h5,7-9H,2-3H2,1H3/t5-,7?,8+,9?/m1/s1. The SMILES string of the molecule is CCCC1=C(F)[C@H](F)C(F)C(F)[C@@H]1F. The first kappa shape index (κ1) is 11.5. The smallest absolute Gasteiger partial charge is 0.185 e. The van der Waals surface area contributed by atoms with Gasteiger partial charge in [0, 0.05) is 5.57 Å². The van der Waals surface area contributed by atoms with Crippen molar-refractivity contribution in [3.63, 3.8) is 0 Å². The highest BCUT2D eigenvalue weighted by molar-refractivity contribution is 5.25. The van der Waals surface area contributed by atoms with E-state index in [1.54, 1.807) is 6.92 Å². The van der Waals surface area contributed by atoms with Gasteiger partial charge in [-0.25, -0.2) is 22.0 Å². The van der Waals surface area contributed by atoms with Gasteiger partial charge in [0.15, 0.2) is 24.7 Å². The summed E-state index contributed by atoms with van der Waals surface area (Å²) in [6.45, 7) is 1.62. The third-order valence-electron chi connectivity index (χ3n) is 2.26. The van der Waals surface area contributed by atoms with E-state index in [9.17, 15) is 22.0 Å². The van der Waals surface area contributed by atoms with Crippen LogP contribution in [0.5, 0.6) is 0 Å². The third-order valence-corrected chi connectivity index (χ3v) is 2.26. The Hall–Kier alpha value is -0.610. The molecule has 0 saturated carbocycles. The zero-order valence-electron chi connectivity index (χ0n) is 7.61. The Morgan fingerprint density at radius 3 is 2.00 bits per heavy atom. The molecule has 14 heavy (non-hydrogen) atoms. The molecule has 0 amide bonds. The molecule has 1 aliphatic carbocycles. The topological polar surface area (TPSA) is 0 Å². The molecule has 0 heterocycles. The first-order valence-electron chi connectivity index (χ1n) is 4.45. The molecule has 0 bridgehead atoms. The average Bonchev–Trinajstić information content (AvgIpc) is 2.19. The number of hydrogen-bond donors (Lipinski definition) is 0. The Balaban J connectivity index is 2.97. The molecule has 0 spiro atoms. The van der Waals surface area contributed by atoms with Gasteiger partial charge in [-0.15, -0.1) is 0 Å². The predicted molar refractivity (Wildman–Crippen MR) is 42.6 cm³/mol. The van der Waals surface area contributed by atoms with Crippen molar-refractivity contribution >= 4 is 0 Å². The van der Waals surface area contributed by atoms with Gasteiger partial charge in [-0.2, -0.15) is 0 Å². The molecule has 5 heteroatoms. The van der Waals surface area contributed by atoms with Crippen LogP contribution in [0.3, 0.4) is 0 Å². The van der Waals surface area contributed by atoms with Gasteiger partial charge in [0.05, 0.1) is 0 Å². The van der Waals surface area contributed by atoms with Crippen LogP contribution in [0, 0.1) is 0 Å². The summed E-state index contributed by atoms with van der Waals surface area (Å²) in [6.07, 6.45) is -10.0. The van der Waals surface area contributed by atoms with E-state index in [0.717, 1.165) is 0 Å². The molecular weight excluding hydrogens is 203 g/mol. The number of hydrogen-bond acceptors (Lipinski definition) is 0. The lowest BCUT2D eigenvalue weighted by Crippen LogP contribution is -2.41. The summed E-state index contributed by atoms with van der Waals surface area (Å²) in [6, 6.07) is 0. The first-order valence-corrected chi connectivity index (χ1v) is 4.45. The molecule has 0 fully saturated rings. The maximum Gasteiger partial charge on any atom is 0.185 e. The molecule has 0 aromatic heterocycles. The quantitative estimate of drug-likeness (QED) is 0.618. The Bertz CT molecular complexity index is 237. The maximum atomic E-state index is 13.0. The summed E-state index contributed by atoms with van der Waals surface area (Å²) in [7, 11) is 0. The molecule has 1 rings (SSSR count). The number of halogens is 5. The van der Waals surface area contributed by atoms with Crippen LogP contribution in [-0.4, -0.2) is 24.7 Å². The van der Waals surface area contributed by atoms with Crippen LogP contribution in [-0.2, 0) is 0 Å². The van der Waals surface area contributed by atoms with E-state index in [2.05, 4.69) is 0 Å². The van der Waals surface area contributed by atoms with Crippen LogP contribution in [0.25, 0.3) is 0 Å². The van der Waals surface area contributed by atoms with Gasteiger partial charge in [-0.3, -0.25) is 0 Å². The average molecular weight is 214 g/mol. The lowest BCUT2D eigenvalue weighted by atomic mass is 9.89. The molecule has 1 aliphatic rings. The van der Waals surface area contributed by atoms with Gasteiger partial charge < -0.3 is 0 Å². The lowest BCUT2D eigenvalue weighted by Gasteiger charge is -2.28. The predicted octanol–water partition coefficient (Wildman–Crippen LogP) is 3.38. The van der Waals surface area contributed by atoms with E-state index in [0.29, 0.717) is 6.42 Å². The second-order valence-electron chi connectivity index (χ2n) is 3.32. The van der Waals surface area contributed by atoms with E-state index < -0.39 is 36.1 Å². The van der Waals surface area contributed by atoms with Gasteiger partial charge in [0.1, 0.15) is 5.83 Å². The summed E-state index contributed by atoms with van der Waals surface area (Å²) >= 11 is 0. The Labute approximate surface area is 78.8 Å². The van der Waals surface area contributed by atoms with Gasteiger partial charge >= 0.3 is 0 Å². The Morgan fingerprint density at radius 1 is 1.00 bits per heavy atom. The molecular formula is C9H11F5. The Kier molecular flexibility index (Phi) is 3.50. The van der Waals surface area contributed by atoms with Crippen molar-refractivity contribution < 1.29 is 22.0 Å². The molecule has 4 atom stereocenters. The Morgan fingerprint density at radius 2 is 1.50 bits per heavy atom. The third kappa shape index (κ3) is 1.77. The molecule has 0 aromatic rings. The van der Waals surface area contributed by atoms with Crippen molar-refractivity contribution in [1.82, 2.24) is 0 Å². The number of rotatable bonds is 2. The lowest BCUT2D eigenvalue weighted by molar-refractivity contribution is 0.0294. The zero-order valence-corrected chi connectivity index (χ0v) is 7.61. The first-order chi connectivity index (χ1) is 6.50. The fourth-order valence-electron chi connectivity index (χ4n) is 1.49. The van der Waals surface area contributed by atoms with Gasteiger partial charge in [0.2, 0.25) is 0 Å². The summed E-state index contributed by atoms with van der Waals surface area (Å²) in [4.78, 5) is 0. The van der Waals surface area contributed by atoms with Crippen molar-refractivity contribution in [1.29, 1.82) is 0 Å². The largest absolute Gasteiger partial charge is 0.241 e. The van der Waals surface area contributed by atoms with Crippen molar-refractivity contribution in [2.45, 2.75) is 44.5 Å². The summed E-state index contributed by atoms with van der Waals surface area (Å²) < 4.78 is 64.1. The molecule has 2 unspecified atom stereocenters. The second kappa shape index (κ2) is 4.28. The highest BCUT2D eigenvalue weighted by atomic mass is 19.2. The maximum absolute atomic E-state index is 13.0. The van der Waals surface area contributed by atoms with Gasteiger partial charge in [-0.1, -0.05) is 13.3 Å². The minimum Gasteiger partial charge on any atom is -0.241 e. The van der Waals surface area contributed by atoms with Crippen LogP contribution in [0.2, 0.25) is 0 Å². The summed E-state index contributed by atoms with van der Waals surface area (Å²) in [5.74, 6) is -1.47. The summed E-state index contributed by atoms with van der Waals surface area (Å²) in [5, 5.41) is 0. The fourth-order valence-corrected chi connectivity index (χ4v) is 1.49. The second-order valence-corrected chi connectivity index (χ2v) is 3.32. The van der Waals surface area contributed by atoms with E-state index in [4.69, 9.17) is 0 Å². The van der Waals surface area contributed by atoms with Crippen LogP contribution in [0.4, 0.5) is 22.0 Å². The monoisotopic (exact) mass is 214 g/mol. The molecule has 0 radical (unpaired) electrons. The highest BCUT2D eigenvalue weighted by Crippen LogP contribution is 2.36. The fraction of sp³-hybridized carbons (Fsp3) is 0.778. The van der Waals surface area contributed by atoms with Crippen LogP contribution in [0.15, 0.2) is 11.4 Å². The normalized spacial score (nSPS) is 39.0. The minimum atomic E-state index is -2.73. The molecule has 0 aromatic carbocycles. The van der Waals surface area contributed by atoms with Crippen LogP contribution in [0.1, 0.15) is 19.8 Å². The van der Waals surface area contributed by atoms with E-state index in [1.165, 1.54) is 0 Å². The van der Waals surface area contributed by atoms with Gasteiger partial charge in [-0.05, 0) is 6.42 Å². The number of allylic oxidation sites excluding steroid dienone is 2. The summed E-state index contributed by atoms with van der Waals surface area (Å²) in [5.41, 5.74) is -0.568. The molecule has 0 aliphatic heterocycles.